The Bertz CT molecular complexity index is 1360. The number of hydrogen-bond donors (Lipinski definition) is 3. The molecule has 0 spiro atoms. The van der Waals surface area contributed by atoms with Gasteiger partial charge in [-0.25, -0.2) is 9.97 Å². The van der Waals surface area contributed by atoms with Crippen molar-refractivity contribution in [2.24, 2.45) is 5.92 Å². The number of carbonyl (C=O) groups is 2. The van der Waals surface area contributed by atoms with Crippen LogP contribution in [0.2, 0.25) is 5.02 Å². The standard InChI is InChI=1S/C24H24ClN5O5S.ClH/c1-14-4-6-17(21(22(14)36(33)34)35-13-15-8-10-26-11-15)23(31)29-18-3-2-9-27-20(18)24(32)30-19-7-5-16(25)12-28-19;/h2-7,9,12,15,21,26H,8,10-11,13H2,1H3,(H,29,31)(H,28,30,32);1H. The number of nitrogens with zero attached hydrogens (tertiary/aromatic N) is 2. The van der Waals surface area contributed by atoms with Crippen molar-refractivity contribution >= 4 is 62.5 Å². The Kier molecular flexibility index (Phi) is 9.95. The molecular formula is C24H25Cl2N5O5S. The fourth-order valence-electron chi connectivity index (χ4n) is 3.91. The number of ether oxygens (including phenoxy) is 1. The van der Waals surface area contributed by atoms with Gasteiger partial charge in [0.05, 0.1) is 22.9 Å². The molecule has 2 aliphatic rings. The fourth-order valence-corrected chi connectivity index (χ4v) is 4.72. The minimum absolute atomic E-state index is 0. The zero-order chi connectivity index (χ0) is 25.7. The van der Waals surface area contributed by atoms with Gasteiger partial charge in [0, 0.05) is 18.9 Å². The summed E-state index contributed by atoms with van der Waals surface area (Å²) in [5, 5.41) is 8.94. The maximum Gasteiger partial charge on any atom is 0.277 e. The lowest BCUT2D eigenvalue weighted by atomic mass is 9.95. The summed E-state index contributed by atoms with van der Waals surface area (Å²) in [6.45, 7) is 3.57. The molecular weight excluding hydrogens is 541 g/mol. The Morgan fingerprint density at radius 3 is 2.65 bits per heavy atom. The van der Waals surface area contributed by atoms with E-state index in [1.807, 2.05) is 0 Å². The largest absolute Gasteiger partial charge is 0.367 e. The molecule has 2 aromatic rings. The van der Waals surface area contributed by atoms with E-state index in [9.17, 15) is 18.0 Å². The van der Waals surface area contributed by atoms with E-state index < -0.39 is 28.2 Å². The number of pyridine rings is 2. The molecule has 37 heavy (non-hydrogen) atoms. The molecule has 1 aliphatic carbocycles. The van der Waals surface area contributed by atoms with Crippen molar-refractivity contribution in [2.45, 2.75) is 19.4 Å². The van der Waals surface area contributed by atoms with Crippen LogP contribution in [0.3, 0.4) is 0 Å². The van der Waals surface area contributed by atoms with Crippen LogP contribution in [0.5, 0.6) is 0 Å². The third-order valence-electron chi connectivity index (χ3n) is 5.76. The van der Waals surface area contributed by atoms with E-state index in [2.05, 4.69) is 25.9 Å². The van der Waals surface area contributed by atoms with Crippen LogP contribution >= 0.6 is 24.0 Å². The van der Waals surface area contributed by atoms with Crippen molar-refractivity contribution in [2.75, 3.05) is 30.3 Å². The third-order valence-corrected chi connectivity index (χ3v) is 6.88. The first-order chi connectivity index (χ1) is 17.3. The van der Waals surface area contributed by atoms with Crippen LogP contribution in [0.1, 0.15) is 23.8 Å². The van der Waals surface area contributed by atoms with Crippen LogP contribution < -0.4 is 16.0 Å². The molecule has 196 valence electrons. The zero-order valence-corrected chi connectivity index (χ0v) is 22.1. The van der Waals surface area contributed by atoms with Gasteiger partial charge in [-0.1, -0.05) is 23.8 Å². The van der Waals surface area contributed by atoms with Gasteiger partial charge < -0.3 is 20.7 Å². The highest BCUT2D eigenvalue weighted by molar-refractivity contribution is 7.73. The maximum atomic E-state index is 13.3. The number of nitrogens with one attached hydrogen (secondary N) is 3. The van der Waals surface area contributed by atoms with Crippen molar-refractivity contribution in [3.63, 3.8) is 0 Å². The summed E-state index contributed by atoms with van der Waals surface area (Å²) >= 11 is 5.83. The molecule has 2 aromatic heterocycles. The van der Waals surface area contributed by atoms with E-state index in [4.69, 9.17) is 16.3 Å². The third kappa shape index (κ3) is 7.02. The van der Waals surface area contributed by atoms with E-state index in [0.717, 1.165) is 19.5 Å². The minimum Gasteiger partial charge on any atom is -0.367 e. The van der Waals surface area contributed by atoms with Gasteiger partial charge >= 0.3 is 0 Å². The highest BCUT2D eigenvalue weighted by atomic mass is 35.5. The first-order valence-electron chi connectivity index (χ1n) is 11.2. The highest BCUT2D eigenvalue weighted by Crippen LogP contribution is 2.24. The normalized spacial score (nSPS) is 18.8. The Hall–Kier alpha value is -3.09. The van der Waals surface area contributed by atoms with Gasteiger partial charge in [-0.3, -0.25) is 9.59 Å². The predicted octanol–water partition coefficient (Wildman–Crippen LogP) is 2.68. The average Bonchev–Trinajstić information content (AvgIpc) is 3.38. The molecule has 0 radical (unpaired) electrons. The van der Waals surface area contributed by atoms with Crippen molar-refractivity contribution in [3.05, 3.63) is 70.7 Å². The second-order valence-corrected chi connectivity index (χ2v) is 9.66. The topological polar surface area (TPSA) is 139 Å². The van der Waals surface area contributed by atoms with E-state index in [1.54, 1.807) is 25.1 Å². The Labute approximate surface area is 226 Å². The van der Waals surface area contributed by atoms with Gasteiger partial charge in [0.25, 0.3) is 11.8 Å². The average molecular weight is 566 g/mol. The molecule has 0 saturated carbocycles. The summed E-state index contributed by atoms with van der Waals surface area (Å²) in [6.07, 6.45) is 5.73. The van der Waals surface area contributed by atoms with Crippen LogP contribution in [-0.4, -0.2) is 60.9 Å². The Morgan fingerprint density at radius 2 is 1.97 bits per heavy atom. The molecule has 4 rings (SSSR count). The minimum atomic E-state index is -2.59. The number of aromatic nitrogens is 2. The maximum absolute atomic E-state index is 13.3. The first kappa shape index (κ1) is 28.5. The van der Waals surface area contributed by atoms with Crippen LogP contribution in [0, 0.1) is 5.92 Å². The number of rotatable bonds is 7. The highest BCUT2D eigenvalue weighted by Gasteiger charge is 2.32. The number of halogens is 2. The summed E-state index contributed by atoms with van der Waals surface area (Å²) in [7, 11) is -2.59. The Balaban J connectivity index is 0.00000380. The number of carbonyl (C=O) groups excluding carboxylic acids is 2. The molecule has 1 aliphatic heterocycles. The second kappa shape index (κ2) is 12.9. The molecule has 1 saturated heterocycles. The van der Waals surface area contributed by atoms with E-state index in [-0.39, 0.29) is 46.0 Å². The molecule has 2 unspecified atom stereocenters. The monoisotopic (exact) mass is 565 g/mol. The van der Waals surface area contributed by atoms with Crippen LogP contribution in [0.15, 0.2) is 60.0 Å². The van der Waals surface area contributed by atoms with Crippen LogP contribution in [-0.2, 0) is 19.8 Å². The predicted molar refractivity (Wildman–Crippen MR) is 144 cm³/mol. The molecule has 2 amide bonds. The number of hydrogen-bond acceptors (Lipinski definition) is 8. The molecule has 3 N–H and O–H groups in total. The van der Waals surface area contributed by atoms with E-state index in [1.165, 1.54) is 30.6 Å². The molecule has 2 atom stereocenters. The lowest BCUT2D eigenvalue weighted by Gasteiger charge is -2.25. The van der Waals surface area contributed by atoms with Crippen molar-refractivity contribution < 1.29 is 22.7 Å². The second-order valence-electron chi connectivity index (χ2n) is 8.31. The van der Waals surface area contributed by atoms with Crippen molar-refractivity contribution in [3.8, 4) is 0 Å². The Morgan fingerprint density at radius 1 is 1.16 bits per heavy atom. The van der Waals surface area contributed by atoms with Crippen LogP contribution in [0.4, 0.5) is 11.5 Å². The molecule has 10 nitrogen and oxygen atoms in total. The smallest absolute Gasteiger partial charge is 0.277 e. The number of anilines is 2. The molecule has 1 fully saturated rings. The fraction of sp³-hybridized carbons (Fsp3) is 0.292. The summed E-state index contributed by atoms with van der Waals surface area (Å²) in [5.41, 5.74) is 0.702. The van der Waals surface area contributed by atoms with Gasteiger partial charge in [0.2, 0.25) is 10.3 Å². The van der Waals surface area contributed by atoms with E-state index in [0.29, 0.717) is 17.2 Å². The quantitative estimate of drug-likeness (QED) is 0.435. The first-order valence-corrected chi connectivity index (χ1v) is 12.7. The van der Waals surface area contributed by atoms with Gasteiger partial charge in [-0.15, -0.1) is 12.4 Å². The van der Waals surface area contributed by atoms with E-state index >= 15 is 0 Å². The summed E-state index contributed by atoms with van der Waals surface area (Å²) < 4.78 is 30.1. The summed E-state index contributed by atoms with van der Waals surface area (Å²) in [4.78, 5) is 34.3. The lowest BCUT2D eigenvalue weighted by molar-refractivity contribution is -0.113. The SMILES string of the molecule is CC1=CC=C(C(=O)Nc2cccnc2C(=O)Nc2ccc(Cl)cn2)C(OCC2CCNC2)C1=S(=O)=O.Cl. The molecule has 0 bridgehead atoms. The van der Waals surface area contributed by atoms with Crippen molar-refractivity contribution in [1.82, 2.24) is 15.3 Å². The van der Waals surface area contributed by atoms with Gasteiger partial charge in [-0.2, -0.15) is 8.42 Å². The van der Waals surface area contributed by atoms with Gasteiger partial charge in [-0.05, 0) is 55.6 Å². The number of amides is 2. The number of allylic oxidation sites excluding steroid dienone is 2. The van der Waals surface area contributed by atoms with Crippen molar-refractivity contribution in [1.29, 1.82) is 0 Å². The molecule has 13 heteroatoms. The lowest BCUT2D eigenvalue weighted by Crippen LogP contribution is -2.37. The summed E-state index contributed by atoms with van der Waals surface area (Å²) in [6, 6.07) is 6.20. The molecule has 0 aromatic carbocycles. The van der Waals surface area contributed by atoms with Crippen LogP contribution in [0.25, 0.3) is 0 Å². The molecule has 3 heterocycles. The van der Waals surface area contributed by atoms with Gasteiger partial charge in [0.15, 0.2) is 5.69 Å². The zero-order valence-electron chi connectivity index (χ0n) is 19.7. The summed E-state index contributed by atoms with van der Waals surface area (Å²) in [5.74, 6) is -0.724. The van der Waals surface area contributed by atoms with Gasteiger partial charge in [0.1, 0.15) is 16.8 Å².